The molecule has 0 aliphatic heterocycles. The summed E-state index contributed by atoms with van der Waals surface area (Å²) in [6.45, 7) is 3.70. The van der Waals surface area contributed by atoms with Crippen molar-refractivity contribution in [2.75, 3.05) is 0 Å². The van der Waals surface area contributed by atoms with Crippen molar-refractivity contribution in [3.63, 3.8) is 0 Å². The second-order valence-electron chi connectivity index (χ2n) is 4.62. The second kappa shape index (κ2) is 6.93. The SMILES string of the molecule is C=Cc1ccc(OC(=O)OC2CCCCC2)c(I)c1. The van der Waals surface area contributed by atoms with Crippen LogP contribution in [0.2, 0.25) is 0 Å². The van der Waals surface area contributed by atoms with Gasteiger partial charge in [-0.2, -0.15) is 0 Å². The van der Waals surface area contributed by atoms with Gasteiger partial charge >= 0.3 is 6.16 Å². The van der Waals surface area contributed by atoms with Crippen molar-refractivity contribution >= 4 is 34.8 Å². The average Bonchev–Trinajstić information content (AvgIpc) is 2.42. The molecular formula is C15H17IO3. The van der Waals surface area contributed by atoms with E-state index < -0.39 is 6.16 Å². The van der Waals surface area contributed by atoms with Gasteiger partial charge in [-0.3, -0.25) is 0 Å². The molecule has 1 aromatic rings. The van der Waals surface area contributed by atoms with Crippen LogP contribution in [0.3, 0.4) is 0 Å². The van der Waals surface area contributed by atoms with Crippen molar-refractivity contribution in [1.29, 1.82) is 0 Å². The molecule has 102 valence electrons. The predicted octanol–water partition coefficient (Wildman–Crippen LogP) is 4.78. The zero-order valence-corrected chi connectivity index (χ0v) is 12.9. The van der Waals surface area contributed by atoms with E-state index in [1.165, 1.54) is 6.42 Å². The molecule has 0 saturated heterocycles. The van der Waals surface area contributed by atoms with Gasteiger partial charge in [-0.15, -0.1) is 0 Å². The first-order valence-electron chi connectivity index (χ1n) is 6.49. The van der Waals surface area contributed by atoms with Gasteiger partial charge in [-0.25, -0.2) is 4.79 Å². The van der Waals surface area contributed by atoms with Crippen LogP contribution in [-0.2, 0) is 4.74 Å². The van der Waals surface area contributed by atoms with Crippen LogP contribution < -0.4 is 4.74 Å². The third-order valence-corrected chi connectivity index (χ3v) is 4.04. The highest BCUT2D eigenvalue weighted by Crippen LogP contribution is 2.25. The van der Waals surface area contributed by atoms with Gasteiger partial charge in [0.2, 0.25) is 0 Å². The van der Waals surface area contributed by atoms with Crippen molar-refractivity contribution in [1.82, 2.24) is 0 Å². The lowest BCUT2D eigenvalue weighted by atomic mass is 9.98. The molecular weight excluding hydrogens is 355 g/mol. The van der Waals surface area contributed by atoms with Gasteiger partial charge in [0.05, 0.1) is 3.57 Å². The molecule has 1 saturated carbocycles. The number of hydrogen-bond acceptors (Lipinski definition) is 3. The number of carbonyl (C=O) groups is 1. The van der Waals surface area contributed by atoms with Gasteiger partial charge < -0.3 is 9.47 Å². The summed E-state index contributed by atoms with van der Waals surface area (Å²) in [7, 11) is 0. The topological polar surface area (TPSA) is 35.5 Å². The maximum absolute atomic E-state index is 11.7. The fourth-order valence-corrected chi connectivity index (χ4v) is 2.81. The Kier molecular flexibility index (Phi) is 5.24. The van der Waals surface area contributed by atoms with E-state index in [4.69, 9.17) is 9.47 Å². The number of hydrogen-bond donors (Lipinski definition) is 0. The largest absolute Gasteiger partial charge is 0.514 e. The van der Waals surface area contributed by atoms with E-state index in [9.17, 15) is 4.79 Å². The number of ether oxygens (including phenoxy) is 2. The van der Waals surface area contributed by atoms with Crippen LogP contribution in [0, 0.1) is 3.57 Å². The minimum Gasteiger partial charge on any atom is -0.431 e. The fraction of sp³-hybridized carbons (Fsp3) is 0.400. The van der Waals surface area contributed by atoms with Crippen LogP contribution in [0.4, 0.5) is 4.79 Å². The maximum Gasteiger partial charge on any atom is 0.514 e. The summed E-state index contributed by atoms with van der Waals surface area (Å²) in [6, 6.07) is 5.54. The molecule has 1 aliphatic rings. The highest BCUT2D eigenvalue weighted by atomic mass is 127. The van der Waals surface area contributed by atoms with Gasteiger partial charge in [0, 0.05) is 0 Å². The molecule has 19 heavy (non-hydrogen) atoms. The third kappa shape index (κ3) is 4.23. The molecule has 3 nitrogen and oxygen atoms in total. The molecule has 0 radical (unpaired) electrons. The highest BCUT2D eigenvalue weighted by molar-refractivity contribution is 14.1. The molecule has 0 atom stereocenters. The van der Waals surface area contributed by atoms with E-state index in [0.29, 0.717) is 5.75 Å². The third-order valence-electron chi connectivity index (χ3n) is 3.20. The Balaban J connectivity index is 1.92. The van der Waals surface area contributed by atoms with Crippen LogP contribution in [-0.4, -0.2) is 12.3 Å². The Bertz CT molecular complexity index is 464. The first-order valence-corrected chi connectivity index (χ1v) is 7.57. The molecule has 0 unspecified atom stereocenters. The highest BCUT2D eigenvalue weighted by Gasteiger charge is 2.19. The molecule has 0 bridgehead atoms. The zero-order chi connectivity index (χ0) is 13.7. The minimum atomic E-state index is -0.601. The first kappa shape index (κ1) is 14.4. The van der Waals surface area contributed by atoms with Gasteiger partial charge in [-0.1, -0.05) is 25.1 Å². The van der Waals surface area contributed by atoms with Crippen LogP contribution in [0.1, 0.15) is 37.7 Å². The molecule has 4 heteroatoms. The number of carbonyl (C=O) groups excluding carboxylic acids is 1. The molecule has 2 rings (SSSR count). The van der Waals surface area contributed by atoms with Crippen LogP contribution in [0.25, 0.3) is 6.08 Å². The lowest BCUT2D eigenvalue weighted by Crippen LogP contribution is -2.23. The summed E-state index contributed by atoms with van der Waals surface area (Å²) >= 11 is 2.13. The molecule has 1 aromatic carbocycles. The van der Waals surface area contributed by atoms with E-state index in [-0.39, 0.29) is 6.10 Å². The fourth-order valence-electron chi connectivity index (χ4n) is 2.16. The summed E-state index contributed by atoms with van der Waals surface area (Å²) in [5, 5.41) is 0. The normalized spacial score (nSPS) is 15.8. The summed E-state index contributed by atoms with van der Waals surface area (Å²) in [6.07, 6.45) is 6.56. The van der Waals surface area contributed by atoms with E-state index in [1.807, 2.05) is 12.1 Å². The van der Waals surface area contributed by atoms with Crippen molar-refractivity contribution in [3.8, 4) is 5.75 Å². The molecule has 0 aromatic heterocycles. The van der Waals surface area contributed by atoms with Gasteiger partial charge in [0.25, 0.3) is 0 Å². The molecule has 0 heterocycles. The number of rotatable bonds is 3. The van der Waals surface area contributed by atoms with E-state index in [1.54, 1.807) is 12.1 Å². The Labute approximate surface area is 127 Å². The van der Waals surface area contributed by atoms with Crippen molar-refractivity contribution in [3.05, 3.63) is 33.9 Å². The summed E-state index contributed by atoms with van der Waals surface area (Å²) in [5.74, 6) is 0.534. The average molecular weight is 372 g/mol. The van der Waals surface area contributed by atoms with Crippen LogP contribution >= 0.6 is 22.6 Å². The molecule has 1 aliphatic carbocycles. The van der Waals surface area contributed by atoms with Crippen LogP contribution in [0.15, 0.2) is 24.8 Å². The molecule has 0 amide bonds. The molecule has 1 fully saturated rings. The number of halogens is 1. The van der Waals surface area contributed by atoms with Crippen LogP contribution in [0.5, 0.6) is 5.75 Å². The monoisotopic (exact) mass is 372 g/mol. The van der Waals surface area contributed by atoms with Gasteiger partial charge in [-0.05, 0) is 66.0 Å². The summed E-state index contributed by atoms with van der Waals surface area (Å²) < 4.78 is 11.4. The standard InChI is InChI=1S/C15H17IO3/c1-2-11-8-9-14(13(16)10-11)19-15(17)18-12-6-4-3-5-7-12/h2,8-10,12H,1,3-7H2. The van der Waals surface area contributed by atoms with E-state index in [0.717, 1.165) is 34.8 Å². The quantitative estimate of drug-likeness (QED) is 0.435. The zero-order valence-electron chi connectivity index (χ0n) is 10.7. The Morgan fingerprint density at radius 3 is 2.68 bits per heavy atom. The van der Waals surface area contributed by atoms with Crippen molar-refractivity contribution < 1.29 is 14.3 Å². The van der Waals surface area contributed by atoms with Gasteiger partial charge in [0.15, 0.2) is 0 Å². The Morgan fingerprint density at radius 1 is 1.32 bits per heavy atom. The van der Waals surface area contributed by atoms with E-state index >= 15 is 0 Å². The smallest absolute Gasteiger partial charge is 0.431 e. The molecule has 0 spiro atoms. The Morgan fingerprint density at radius 2 is 2.05 bits per heavy atom. The van der Waals surface area contributed by atoms with Crippen molar-refractivity contribution in [2.45, 2.75) is 38.2 Å². The van der Waals surface area contributed by atoms with Crippen molar-refractivity contribution in [2.24, 2.45) is 0 Å². The lowest BCUT2D eigenvalue weighted by Gasteiger charge is -2.21. The lowest BCUT2D eigenvalue weighted by molar-refractivity contribution is 0.0415. The Hall–Kier alpha value is -1.04. The first-order chi connectivity index (χ1) is 9.19. The van der Waals surface area contributed by atoms with E-state index in [2.05, 4.69) is 29.2 Å². The number of benzene rings is 1. The summed E-state index contributed by atoms with van der Waals surface area (Å²) in [5.41, 5.74) is 0.998. The minimum absolute atomic E-state index is 0.0198. The maximum atomic E-state index is 11.7. The second-order valence-corrected chi connectivity index (χ2v) is 5.79. The predicted molar refractivity (Wildman–Crippen MR) is 83.2 cm³/mol. The van der Waals surface area contributed by atoms with Gasteiger partial charge in [0.1, 0.15) is 11.9 Å². The summed E-state index contributed by atoms with van der Waals surface area (Å²) in [4.78, 5) is 11.7. The molecule has 0 N–H and O–H groups in total.